The molecule has 1 aliphatic rings. The average molecular weight is 428 g/mol. The van der Waals surface area contributed by atoms with Crippen molar-refractivity contribution in [3.05, 3.63) is 65.5 Å². The number of hydrogen-bond donors (Lipinski definition) is 1. The predicted molar refractivity (Wildman–Crippen MR) is 117 cm³/mol. The molecule has 2 aromatic carbocycles. The first-order valence-corrected chi connectivity index (χ1v) is 10.9. The molecule has 1 saturated carbocycles. The zero-order valence-electron chi connectivity index (χ0n) is 18.0. The summed E-state index contributed by atoms with van der Waals surface area (Å²) in [5.74, 6) is -1.11. The largest absolute Gasteiger partial charge is 0.494 e. The number of hydrogen-bond acceptors (Lipinski definition) is 3. The van der Waals surface area contributed by atoms with Crippen LogP contribution < -0.4 is 4.74 Å². The van der Waals surface area contributed by atoms with E-state index < -0.39 is 17.2 Å². The van der Waals surface area contributed by atoms with Crippen molar-refractivity contribution in [3.8, 4) is 5.75 Å². The molecule has 5 nitrogen and oxygen atoms in total. The first kappa shape index (κ1) is 22.8. The smallest absolute Gasteiger partial charge is 0.303 e. The van der Waals surface area contributed by atoms with Crippen LogP contribution in [0.4, 0.5) is 4.39 Å². The summed E-state index contributed by atoms with van der Waals surface area (Å²) in [5, 5.41) is 8.89. The molecule has 1 amide bonds. The molecule has 1 aliphatic carbocycles. The van der Waals surface area contributed by atoms with Gasteiger partial charge < -0.3 is 14.7 Å². The fourth-order valence-corrected chi connectivity index (χ4v) is 4.03. The number of carboxylic acids is 1. The second-order valence-corrected chi connectivity index (χ2v) is 8.16. The highest BCUT2D eigenvalue weighted by atomic mass is 19.1. The molecular formula is C25H30FNO4. The first-order valence-electron chi connectivity index (χ1n) is 10.9. The van der Waals surface area contributed by atoms with Crippen LogP contribution >= 0.6 is 0 Å². The van der Waals surface area contributed by atoms with Gasteiger partial charge in [0.2, 0.25) is 5.91 Å². The molecule has 0 radical (unpaired) electrons. The molecule has 3 rings (SSSR count). The predicted octanol–water partition coefficient (Wildman–Crippen LogP) is 4.58. The van der Waals surface area contributed by atoms with Crippen LogP contribution in [-0.2, 0) is 21.4 Å². The zero-order chi connectivity index (χ0) is 22.3. The van der Waals surface area contributed by atoms with Crippen molar-refractivity contribution < 1.29 is 23.8 Å². The van der Waals surface area contributed by atoms with Crippen LogP contribution in [0.2, 0.25) is 0 Å². The summed E-state index contributed by atoms with van der Waals surface area (Å²) in [6, 6.07) is 14.9. The summed E-state index contributed by atoms with van der Waals surface area (Å²) in [5.41, 5.74) is 1.24. The summed E-state index contributed by atoms with van der Waals surface area (Å²) in [6.07, 6.45) is 4.34. The molecule has 0 atom stereocenters. The lowest BCUT2D eigenvalue weighted by Gasteiger charge is -2.28. The zero-order valence-corrected chi connectivity index (χ0v) is 18.0. The molecule has 166 valence electrons. The van der Waals surface area contributed by atoms with E-state index in [1.807, 2.05) is 23.1 Å². The lowest BCUT2D eigenvalue weighted by Crippen LogP contribution is -2.40. The monoisotopic (exact) mass is 427 g/mol. The van der Waals surface area contributed by atoms with E-state index in [0.29, 0.717) is 44.3 Å². The number of carbonyl (C=O) groups is 2. The van der Waals surface area contributed by atoms with E-state index in [2.05, 4.69) is 12.1 Å². The van der Waals surface area contributed by atoms with E-state index in [4.69, 9.17) is 9.84 Å². The fraction of sp³-hybridized carbons (Fsp3) is 0.440. The molecular weight excluding hydrogens is 397 g/mol. The van der Waals surface area contributed by atoms with Crippen LogP contribution in [0.15, 0.2) is 48.5 Å². The number of aliphatic carboxylic acids is 1. The minimum atomic E-state index is -0.825. The summed E-state index contributed by atoms with van der Waals surface area (Å²) in [4.78, 5) is 26.2. The quantitative estimate of drug-likeness (QED) is 0.504. The molecule has 0 unspecified atom stereocenters. The van der Waals surface area contributed by atoms with Gasteiger partial charge in [0.1, 0.15) is 0 Å². The van der Waals surface area contributed by atoms with E-state index in [1.165, 1.54) is 18.7 Å². The molecule has 31 heavy (non-hydrogen) atoms. The van der Waals surface area contributed by atoms with E-state index >= 15 is 0 Å². The van der Waals surface area contributed by atoms with Gasteiger partial charge in [0.15, 0.2) is 11.6 Å². The van der Waals surface area contributed by atoms with Gasteiger partial charge in [0.05, 0.1) is 12.5 Å². The number of amides is 1. The van der Waals surface area contributed by atoms with Gasteiger partial charge in [-0.25, -0.2) is 4.39 Å². The van der Waals surface area contributed by atoms with Gasteiger partial charge in [-0.2, -0.15) is 0 Å². The number of nitrogens with zero attached hydrogens (tertiary/aromatic N) is 1. The van der Waals surface area contributed by atoms with Crippen LogP contribution in [0, 0.1) is 5.82 Å². The molecule has 1 fully saturated rings. The highest BCUT2D eigenvalue weighted by Crippen LogP contribution is 2.50. The highest BCUT2D eigenvalue weighted by Gasteiger charge is 2.53. The minimum Gasteiger partial charge on any atom is -0.494 e. The number of benzene rings is 2. The Balaban J connectivity index is 1.69. The molecule has 0 bridgehead atoms. The third kappa shape index (κ3) is 5.84. The average Bonchev–Trinajstić information content (AvgIpc) is 3.57. The Morgan fingerprint density at radius 3 is 2.39 bits per heavy atom. The number of halogens is 1. The first-order chi connectivity index (χ1) is 15.0. The molecule has 0 aromatic heterocycles. The number of methoxy groups -OCH3 is 1. The fourth-order valence-electron chi connectivity index (χ4n) is 4.03. The number of ether oxygens (including phenoxy) is 1. The summed E-state index contributed by atoms with van der Waals surface area (Å²) in [7, 11) is 1.42. The molecule has 2 aromatic rings. The lowest BCUT2D eigenvalue weighted by molar-refractivity contribution is -0.137. The Morgan fingerprint density at radius 1 is 1.06 bits per heavy atom. The van der Waals surface area contributed by atoms with Crippen molar-refractivity contribution in [2.24, 2.45) is 0 Å². The summed E-state index contributed by atoms with van der Waals surface area (Å²) < 4.78 is 19.3. The van der Waals surface area contributed by atoms with Gasteiger partial charge in [-0.05, 0) is 61.8 Å². The number of carboxylic acid groups (broad SMARTS) is 1. The van der Waals surface area contributed by atoms with Crippen LogP contribution in [0.25, 0.3) is 0 Å². The van der Waals surface area contributed by atoms with Gasteiger partial charge in [-0.1, -0.05) is 36.4 Å². The Morgan fingerprint density at radius 2 is 1.77 bits per heavy atom. The number of unbranched alkanes of at least 4 members (excludes halogenated alkanes) is 1. The van der Waals surface area contributed by atoms with Gasteiger partial charge in [0, 0.05) is 19.5 Å². The van der Waals surface area contributed by atoms with Crippen LogP contribution in [0.3, 0.4) is 0 Å². The maximum absolute atomic E-state index is 14.3. The van der Waals surface area contributed by atoms with E-state index in [9.17, 15) is 14.0 Å². The molecule has 6 heteroatoms. The number of aryl methyl sites for hydroxylation is 1. The summed E-state index contributed by atoms with van der Waals surface area (Å²) >= 11 is 0. The Bertz CT molecular complexity index is 896. The van der Waals surface area contributed by atoms with Crippen LogP contribution in [-0.4, -0.2) is 42.1 Å². The number of carbonyl (C=O) groups excluding carboxylic acids is 1. The number of rotatable bonds is 12. The van der Waals surface area contributed by atoms with Crippen molar-refractivity contribution in [1.29, 1.82) is 0 Å². The van der Waals surface area contributed by atoms with Gasteiger partial charge in [0.25, 0.3) is 0 Å². The van der Waals surface area contributed by atoms with Crippen molar-refractivity contribution in [2.75, 3.05) is 20.2 Å². The normalized spacial score (nSPS) is 14.1. The van der Waals surface area contributed by atoms with Gasteiger partial charge in [-0.15, -0.1) is 0 Å². The van der Waals surface area contributed by atoms with Gasteiger partial charge in [-0.3, -0.25) is 9.59 Å². The van der Waals surface area contributed by atoms with E-state index in [0.717, 1.165) is 12.8 Å². The lowest BCUT2D eigenvalue weighted by atomic mass is 9.93. The Kier molecular flexibility index (Phi) is 7.66. The maximum Gasteiger partial charge on any atom is 0.303 e. The molecule has 0 spiro atoms. The molecule has 1 N–H and O–H groups in total. The van der Waals surface area contributed by atoms with Crippen molar-refractivity contribution in [1.82, 2.24) is 4.90 Å². The highest BCUT2D eigenvalue weighted by molar-refractivity contribution is 5.91. The van der Waals surface area contributed by atoms with Crippen LogP contribution in [0.5, 0.6) is 5.75 Å². The topological polar surface area (TPSA) is 66.8 Å². The van der Waals surface area contributed by atoms with E-state index in [1.54, 1.807) is 12.1 Å². The second kappa shape index (κ2) is 10.4. The standard InChI is InChI=1S/C25H30FNO4/c1-31-22-13-12-20(18-21(22)26)25(14-15-25)24(30)27(16-6-5-11-23(28)29)17-7-10-19-8-3-2-4-9-19/h2-4,8-9,12-13,18H,5-7,10-11,14-17H2,1H3,(H,28,29). The maximum atomic E-state index is 14.3. The van der Waals surface area contributed by atoms with Crippen LogP contribution in [0.1, 0.15) is 49.7 Å². The summed E-state index contributed by atoms with van der Waals surface area (Å²) in [6.45, 7) is 1.11. The Labute approximate surface area is 182 Å². The van der Waals surface area contributed by atoms with Crippen molar-refractivity contribution >= 4 is 11.9 Å². The minimum absolute atomic E-state index is 0.0143. The molecule has 0 heterocycles. The van der Waals surface area contributed by atoms with E-state index in [-0.39, 0.29) is 18.1 Å². The third-order valence-electron chi connectivity index (χ3n) is 5.96. The molecule has 0 aliphatic heterocycles. The third-order valence-corrected chi connectivity index (χ3v) is 5.96. The molecule has 0 saturated heterocycles. The SMILES string of the molecule is COc1ccc(C2(C(=O)N(CCCCC(=O)O)CCCc3ccccc3)CC2)cc1F. The Hall–Kier alpha value is -2.89. The van der Waals surface area contributed by atoms with Crippen molar-refractivity contribution in [2.45, 2.75) is 50.4 Å². The van der Waals surface area contributed by atoms with Crippen molar-refractivity contribution in [3.63, 3.8) is 0 Å². The van der Waals surface area contributed by atoms with Gasteiger partial charge >= 0.3 is 5.97 Å². The second-order valence-electron chi connectivity index (χ2n) is 8.16.